The highest BCUT2D eigenvalue weighted by Gasteiger charge is 2.30. The number of carbonyl (C=O) groups excluding carboxylic acids is 2. The fraction of sp³-hybridized carbons (Fsp3) is 0.111. The number of carbonyl (C=O) groups is 2. The van der Waals surface area contributed by atoms with Crippen molar-refractivity contribution in [2.75, 3.05) is 0 Å². The van der Waals surface area contributed by atoms with Crippen LogP contribution in [0.2, 0.25) is 0 Å². The number of hydrogen-bond acceptors (Lipinski definition) is 2. The van der Waals surface area contributed by atoms with Crippen LogP contribution in [0.1, 0.15) is 27.1 Å². The van der Waals surface area contributed by atoms with Crippen molar-refractivity contribution in [2.24, 2.45) is 0 Å². The second-order valence-electron chi connectivity index (χ2n) is 2.83. The van der Waals surface area contributed by atoms with Crippen molar-refractivity contribution >= 4 is 27.5 Å². The molecular weight excluding hydrogens is 239 g/mol. The summed E-state index contributed by atoms with van der Waals surface area (Å²) in [6.45, 7) is 0. The zero-order valence-electron chi connectivity index (χ0n) is 6.43. The molecule has 0 spiro atoms. The van der Waals surface area contributed by atoms with Gasteiger partial charge in [0, 0.05) is 10.0 Å². The van der Waals surface area contributed by atoms with E-state index in [0.29, 0.717) is 4.47 Å². The second-order valence-corrected chi connectivity index (χ2v) is 3.75. The third-order valence-corrected chi connectivity index (χ3v) is 2.41. The van der Waals surface area contributed by atoms with Crippen LogP contribution in [0.4, 0.5) is 4.39 Å². The summed E-state index contributed by atoms with van der Waals surface area (Å²) in [6.07, 6.45) is -0.206. The molecule has 0 unspecified atom stereocenters. The largest absolute Gasteiger partial charge is 0.294 e. The molecular formula is C9H4BrFO2. The van der Waals surface area contributed by atoms with E-state index >= 15 is 0 Å². The van der Waals surface area contributed by atoms with E-state index in [4.69, 9.17) is 0 Å². The van der Waals surface area contributed by atoms with Gasteiger partial charge in [-0.2, -0.15) is 0 Å². The van der Waals surface area contributed by atoms with Crippen molar-refractivity contribution < 1.29 is 14.0 Å². The summed E-state index contributed by atoms with van der Waals surface area (Å²) in [5.41, 5.74) is 0.130. The fourth-order valence-corrected chi connectivity index (χ4v) is 1.84. The van der Waals surface area contributed by atoms with Crippen molar-refractivity contribution in [1.29, 1.82) is 0 Å². The van der Waals surface area contributed by atoms with Gasteiger partial charge >= 0.3 is 0 Å². The van der Waals surface area contributed by atoms with Crippen LogP contribution >= 0.6 is 15.9 Å². The molecule has 13 heavy (non-hydrogen) atoms. The molecule has 0 aromatic heterocycles. The SMILES string of the molecule is O=C1CC(=O)c2c(F)cc(Br)cc21. The quantitative estimate of drug-likeness (QED) is 0.655. The lowest BCUT2D eigenvalue weighted by molar-refractivity contribution is 0.0922. The summed E-state index contributed by atoms with van der Waals surface area (Å²) in [5.74, 6) is -1.36. The minimum absolute atomic E-state index is 0.0619. The average molecular weight is 243 g/mol. The fourth-order valence-electron chi connectivity index (χ4n) is 1.41. The Balaban J connectivity index is 2.77. The molecule has 0 fully saturated rings. The van der Waals surface area contributed by atoms with Crippen LogP contribution < -0.4 is 0 Å². The highest BCUT2D eigenvalue weighted by Crippen LogP contribution is 2.27. The summed E-state index contributed by atoms with van der Waals surface area (Å²) in [7, 11) is 0. The van der Waals surface area contributed by atoms with E-state index in [1.54, 1.807) is 0 Å². The maximum Gasteiger partial charge on any atom is 0.174 e. The first-order valence-corrected chi connectivity index (χ1v) is 4.44. The molecule has 1 aromatic rings. The number of halogens is 2. The normalized spacial score (nSPS) is 14.9. The second kappa shape index (κ2) is 2.73. The van der Waals surface area contributed by atoms with Crippen LogP contribution in [0.5, 0.6) is 0 Å². The highest BCUT2D eigenvalue weighted by molar-refractivity contribution is 9.10. The number of ketones is 2. The predicted molar refractivity (Wildman–Crippen MR) is 47.4 cm³/mol. The van der Waals surface area contributed by atoms with Crippen LogP contribution in [0.15, 0.2) is 16.6 Å². The van der Waals surface area contributed by atoms with Gasteiger partial charge in [0.2, 0.25) is 0 Å². The molecule has 66 valence electrons. The predicted octanol–water partition coefficient (Wildman–Crippen LogP) is 2.36. The van der Waals surface area contributed by atoms with Crippen molar-refractivity contribution in [1.82, 2.24) is 0 Å². The van der Waals surface area contributed by atoms with Gasteiger partial charge in [0.25, 0.3) is 0 Å². The van der Waals surface area contributed by atoms with Gasteiger partial charge < -0.3 is 0 Å². The van der Waals surface area contributed by atoms with Crippen molar-refractivity contribution in [2.45, 2.75) is 6.42 Å². The molecule has 1 aliphatic carbocycles. The summed E-state index contributed by atoms with van der Waals surface area (Å²) in [4.78, 5) is 22.3. The standard InChI is InChI=1S/C9H4BrFO2/c10-4-1-5-7(12)3-8(13)9(5)6(11)2-4/h1-2H,3H2. The van der Waals surface area contributed by atoms with Crippen molar-refractivity contribution in [3.05, 3.63) is 33.5 Å². The zero-order chi connectivity index (χ0) is 9.59. The summed E-state index contributed by atoms with van der Waals surface area (Å²) >= 11 is 3.06. The maximum absolute atomic E-state index is 13.2. The van der Waals surface area contributed by atoms with E-state index in [1.165, 1.54) is 12.1 Å². The first-order valence-electron chi connectivity index (χ1n) is 3.65. The summed E-state index contributed by atoms with van der Waals surface area (Å²) in [5, 5.41) is 0. The first kappa shape index (κ1) is 8.56. The van der Waals surface area contributed by atoms with Crippen LogP contribution in [0.25, 0.3) is 0 Å². The van der Waals surface area contributed by atoms with Gasteiger partial charge in [-0.15, -0.1) is 0 Å². The Labute approximate surface area is 81.9 Å². The lowest BCUT2D eigenvalue weighted by Gasteiger charge is -1.98. The van der Waals surface area contributed by atoms with Crippen molar-refractivity contribution in [3.63, 3.8) is 0 Å². The molecule has 0 radical (unpaired) electrons. The zero-order valence-corrected chi connectivity index (χ0v) is 8.02. The smallest absolute Gasteiger partial charge is 0.174 e. The molecule has 0 bridgehead atoms. The van der Waals surface area contributed by atoms with Gasteiger partial charge in [0.05, 0.1) is 12.0 Å². The molecule has 0 amide bonds. The first-order chi connectivity index (χ1) is 6.09. The number of benzene rings is 1. The maximum atomic E-state index is 13.2. The summed E-state index contributed by atoms with van der Waals surface area (Å²) in [6, 6.07) is 2.67. The van der Waals surface area contributed by atoms with E-state index < -0.39 is 11.6 Å². The molecule has 0 saturated heterocycles. The van der Waals surface area contributed by atoms with Gasteiger partial charge in [-0.05, 0) is 12.1 Å². The third-order valence-electron chi connectivity index (χ3n) is 1.96. The number of hydrogen-bond donors (Lipinski definition) is 0. The Hall–Kier alpha value is -1.03. The molecule has 2 rings (SSSR count). The highest BCUT2D eigenvalue weighted by atomic mass is 79.9. The molecule has 0 N–H and O–H groups in total. The van der Waals surface area contributed by atoms with E-state index in [-0.39, 0.29) is 23.3 Å². The molecule has 0 atom stereocenters. The van der Waals surface area contributed by atoms with Gasteiger partial charge in [-0.25, -0.2) is 4.39 Å². The Bertz CT molecular complexity index is 426. The topological polar surface area (TPSA) is 34.1 Å². The number of fused-ring (bicyclic) bond motifs is 1. The molecule has 0 heterocycles. The number of rotatable bonds is 0. The minimum Gasteiger partial charge on any atom is -0.294 e. The van der Waals surface area contributed by atoms with E-state index in [9.17, 15) is 14.0 Å². The van der Waals surface area contributed by atoms with Crippen molar-refractivity contribution in [3.8, 4) is 0 Å². The Kier molecular flexibility index (Phi) is 1.80. The summed E-state index contributed by atoms with van der Waals surface area (Å²) < 4.78 is 13.7. The van der Waals surface area contributed by atoms with Gasteiger partial charge in [-0.1, -0.05) is 15.9 Å². The molecule has 0 saturated carbocycles. The lowest BCUT2D eigenvalue weighted by Crippen LogP contribution is -1.95. The minimum atomic E-state index is -0.625. The van der Waals surface area contributed by atoms with Gasteiger partial charge in [0.15, 0.2) is 11.6 Å². The Morgan fingerprint density at radius 2 is 1.92 bits per heavy atom. The molecule has 4 heteroatoms. The van der Waals surface area contributed by atoms with Gasteiger partial charge in [0.1, 0.15) is 5.82 Å². The number of Topliss-reactive ketones (excluding diaryl/α,β-unsaturated/α-hetero) is 2. The van der Waals surface area contributed by atoms with Crippen LogP contribution in [0, 0.1) is 5.82 Å². The van der Waals surface area contributed by atoms with Crippen LogP contribution in [0.3, 0.4) is 0 Å². The van der Waals surface area contributed by atoms with E-state index in [2.05, 4.69) is 15.9 Å². The monoisotopic (exact) mass is 242 g/mol. The molecule has 0 aliphatic heterocycles. The molecule has 1 aliphatic rings. The van der Waals surface area contributed by atoms with Gasteiger partial charge in [-0.3, -0.25) is 9.59 Å². The van der Waals surface area contributed by atoms with E-state index in [0.717, 1.165) is 0 Å². The van der Waals surface area contributed by atoms with E-state index in [1.807, 2.05) is 0 Å². The van der Waals surface area contributed by atoms with Crippen LogP contribution in [-0.4, -0.2) is 11.6 Å². The molecule has 1 aromatic carbocycles. The third kappa shape index (κ3) is 1.21. The lowest BCUT2D eigenvalue weighted by atomic mass is 10.1. The average Bonchev–Trinajstić information content (AvgIpc) is 2.27. The van der Waals surface area contributed by atoms with Crippen LogP contribution in [-0.2, 0) is 0 Å². The Morgan fingerprint density at radius 1 is 1.23 bits per heavy atom. The molecule has 2 nitrogen and oxygen atoms in total. The Morgan fingerprint density at radius 3 is 2.62 bits per heavy atom.